The number of amides is 1. The highest BCUT2D eigenvalue weighted by Crippen LogP contribution is 2.30. The van der Waals surface area contributed by atoms with Crippen molar-refractivity contribution in [2.75, 3.05) is 0 Å². The summed E-state index contributed by atoms with van der Waals surface area (Å²) in [4.78, 5) is 30.7. The van der Waals surface area contributed by atoms with E-state index in [1.54, 1.807) is 35.3 Å². The number of aromatic nitrogens is 2. The SMILES string of the molecule is C[C@@H]1CC[C@H](C)N1C(=O)c1cc(F)ccc1-n1cc(C=O)c2ccncc21. The van der Waals surface area contributed by atoms with Gasteiger partial charge >= 0.3 is 0 Å². The van der Waals surface area contributed by atoms with Crippen LogP contribution in [0.4, 0.5) is 4.39 Å². The summed E-state index contributed by atoms with van der Waals surface area (Å²) in [7, 11) is 0. The lowest BCUT2D eigenvalue weighted by atomic mass is 10.1. The maximum Gasteiger partial charge on any atom is 0.256 e. The van der Waals surface area contributed by atoms with Gasteiger partial charge in [-0.3, -0.25) is 14.6 Å². The molecule has 1 aromatic carbocycles. The van der Waals surface area contributed by atoms with Crippen molar-refractivity contribution in [3.05, 3.63) is 59.8 Å². The van der Waals surface area contributed by atoms with Crippen LogP contribution in [0.3, 0.4) is 0 Å². The fraction of sp³-hybridized carbons (Fsp3) is 0.286. The van der Waals surface area contributed by atoms with Gasteiger partial charge < -0.3 is 9.47 Å². The van der Waals surface area contributed by atoms with Crippen LogP contribution in [-0.2, 0) is 0 Å². The zero-order chi connectivity index (χ0) is 19.1. The van der Waals surface area contributed by atoms with Crippen LogP contribution >= 0.6 is 0 Å². The minimum atomic E-state index is -0.466. The molecule has 2 atom stereocenters. The first kappa shape index (κ1) is 17.4. The summed E-state index contributed by atoms with van der Waals surface area (Å²) in [5.74, 6) is -0.660. The summed E-state index contributed by atoms with van der Waals surface area (Å²) < 4.78 is 15.8. The quantitative estimate of drug-likeness (QED) is 0.660. The largest absolute Gasteiger partial charge is 0.333 e. The zero-order valence-electron chi connectivity index (χ0n) is 15.2. The van der Waals surface area contributed by atoms with Gasteiger partial charge in [-0.2, -0.15) is 0 Å². The second-order valence-electron chi connectivity index (χ2n) is 7.11. The lowest BCUT2D eigenvalue weighted by Crippen LogP contribution is -2.39. The standard InChI is InChI=1S/C21H20FN3O2/c1-13-3-4-14(2)25(13)21(27)18-9-16(22)5-6-19(18)24-11-15(12-26)17-7-8-23-10-20(17)24/h5-14H,3-4H2,1-2H3/t13-,14+. The Bertz CT molecular complexity index is 1030. The lowest BCUT2D eigenvalue weighted by molar-refractivity contribution is 0.0692. The second-order valence-corrected chi connectivity index (χ2v) is 7.11. The molecule has 0 N–H and O–H groups in total. The van der Waals surface area contributed by atoms with E-state index in [9.17, 15) is 14.0 Å². The fourth-order valence-corrected chi connectivity index (χ4v) is 4.02. The molecule has 1 aliphatic heterocycles. The topological polar surface area (TPSA) is 55.2 Å². The zero-order valence-corrected chi connectivity index (χ0v) is 15.2. The highest BCUT2D eigenvalue weighted by Gasteiger charge is 2.33. The Hall–Kier alpha value is -3.02. The van der Waals surface area contributed by atoms with Crippen LogP contribution in [0.25, 0.3) is 16.6 Å². The van der Waals surface area contributed by atoms with Crippen LogP contribution in [0.1, 0.15) is 47.4 Å². The van der Waals surface area contributed by atoms with Crippen molar-refractivity contribution < 1.29 is 14.0 Å². The Morgan fingerprint density at radius 1 is 1.22 bits per heavy atom. The number of benzene rings is 1. The molecule has 0 unspecified atom stereocenters. The molecule has 0 bridgehead atoms. The summed E-state index contributed by atoms with van der Waals surface area (Å²) in [6, 6.07) is 6.15. The van der Waals surface area contributed by atoms with Crippen LogP contribution in [0, 0.1) is 5.82 Å². The summed E-state index contributed by atoms with van der Waals surface area (Å²) in [5.41, 5.74) is 2.02. The number of likely N-dealkylation sites (tertiary alicyclic amines) is 1. The molecule has 3 heterocycles. The van der Waals surface area contributed by atoms with Gasteiger partial charge in [0.05, 0.1) is 23.0 Å². The maximum atomic E-state index is 14.0. The van der Waals surface area contributed by atoms with E-state index in [0.717, 1.165) is 24.5 Å². The smallest absolute Gasteiger partial charge is 0.256 e. The highest BCUT2D eigenvalue weighted by atomic mass is 19.1. The maximum absolute atomic E-state index is 14.0. The molecule has 0 saturated carbocycles. The van der Waals surface area contributed by atoms with E-state index in [4.69, 9.17) is 0 Å². The number of rotatable bonds is 3. The molecule has 1 amide bonds. The first-order valence-corrected chi connectivity index (χ1v) is 9.04. The van der Waals surface area contributed by atoms with Gasteiger partial charge in [-0.25, -0.2) is 4.39 Å². The number of hydrogen-bond acceptors (Lipinski definition) is 3. The van der Waals surface area contributed by atoms with E-state index in [-0.39, 0.29) is 23.6 Å². The van der Waals surface area contributed by atoms with Crippen molar-refractivity contribution in [2.24, 2.45) is 0 Å². The van der Waals surface area contributed by atoms with Crippen molar-refractivity contribution >= 4 is 23.1 Å². The second kappa shape index (κ2) is 6.61. The van der Waals surface area contributed by atoms with Gasteiger partial charge in [-0.1, -0.05) is 0 Å². The minimum Gasteiger partial charge on any atom is -0.333 e. The van der Waals surface area contributed by atoms with E-state index in [1.165, 1.54) is 12.1 Å². The predicted molar refractivity (Wildman–Crippen MR) is 101 cm³/mol. The Labute approximate surface area is 156 Å². The van der Waals surface area contributed by atoms with Gasteiger partial charge in [-0.15, -0.1) is 0 Å². The normalized spacial score (nSPS) is 19.6. The van der Waals surface area contributed by atoms with Crippen LogP contribution in [-0.4, -0.2) is 38.7 Å². The van der Waals surface area contributed by atoms with Crippen molar-refractivity contribution in [3.8, 4) is 5.69 Å². The molecule has 1 aliphatic rings. The fourth-order valence-electron chi connectivity index (χ4n) is 4.02. The van der Waals surface area contributed by atoms with E-state index < -0.39 is 5.82 Å². The molecule has 2 aromatic heterocycles. The van der Waals surface area contributed by atoms with Crippen LogP contribution < -0.4 is 0 Å². The molecule has 1 fully saturated rings. The number of fused-ring (bicyclic) bond motifs is 1. The molecule has 1 saturated heterocycles. The molecule has 138 valence electrons. The van der Waals surface area contributed by atoms with E-state index in [0.29, 0.717) is 16.8 Å². The number of halogens is 1. The third-order valence-corrected chi connectivity index (χ3v) is 5.40. The third kappa shape index (κ3) is 2.81. The van der Waals surface area contributed by atoms with E-state index in [1.807, 2.05) is 18.7 Å². The Balaban J connectivity index is 1.91. The number of aldehydes is 1. The molecular formula is C21H20FN3O2. The van der Waals surface area contributed by atoms with Crippen molar-refractivity contribution in [2.45, 2.75) is 38.8 Å². The van der Waals surface area contributed by atoms with Crippen molar-refractivity contribution in [3.63, 3.8) is 0 Å². The van der Waals surface area contributed by atoms with Gasteiger partial charge in [0.2, 0.25) is 0 Å². The van der Waals surface area contributed by atoms with E-state index >= 15 is 0 Å². The summed E-state index contributed by atoms with van der Waals surface area (Å²) in [5, 5.41) is 0.741. The molecule has 6 heteroatoms. The molecule has 27 heavy (non-hydrogen) atoms. The number of carbonyl (C=O) groups is 2. The average molecular weight is 365 g/mol. The monoisotopic (exact) mass is 365 g/mol. The van der Waals surface area contributed by atoms with Gasteiger partial charge in [0.1, 0.15) is 5.82 Å². The Kier molecular flexibility index (Phi) is 4.26. The molecule has 0 spiro atoms. The molecule has 3 aromatic rings. The first-order valence-electron chi connectivity index (χ1n) is 9.04. The van der Waals surface area contributed by atoms with Crippen LogP contribution in [0.2, 0.25) is 0 Å². The summed E-state index contributed by atoms with van der Waals surface area (Å²) >= 11 is 0. The predicted octanol–water partition coefficient (Wildman–Crippen LogP) is 3.99. The molecule has 5 nitrogen and oxygen atoms in total. The Morgan fingerprint density at radius 3 is 2.67 bits per heavy atom. The molecular weight excluding hydrogens is 345 g/mol. The van der Waals surface area contributed by atoms with Gasteiger partial charge in [0.15, 0.2) is 6.29 Å². The average Bonchev–Trinajstić information content (AvgIpc) is 3.21. The van der Waals surface area contributed by atoms with E-state index in [2.05, 4.69) is 4.98 Å². The number of pyridine rings is 1. The van der Waals surface area contributed by atoms with Gasteiger partial charge in [0, 0.05) is 35.4 Å². The van der Waals surface area contributed by atoms with Gasteiger partial charge in [0.25, 0.3) is 5.91 Å². The highest BCUT2D eigenvalue weighted by molar-refractivity contribution is 6.01. The molecule has 0 aliphatic carbocycles. The summed E-state index contributed by atoms with van der Waals surface area (Å²) in [6.45, 7) is 4.03. The van der Waals surface area contributed by atoms with Crippen LogP contribution in [0.5, 0.6) is 0 Å². The van der Waals surface area contributed by atoms with Crippen molar-refractivity contribution in [1.29, 1.82) is 0 Å². The Morgan fingerprint density at radius 2 is 1.96 bits per heavy atom. The van der Waals surface area contributed by atoms with Crippen molar-refractivity contribution in [1.82, 2.24) is 14.5 Å². The number of nitrogens with zero attached hydrogens (tertiary/aromatic N) is 3. The lowest BCUT2D eigenvalue weighted by Gasteiger charge is -2.27. The first-order chi connectivity index (χ1) is 13.0. The van der Waals surface area contributed by atoms with Gasteiger partial charge in [-0.05, 0) is 51.0 Å². The third-order valence-electron chi connectivity index (χ3n) is 5.40. The summed E-state index contributed by atoms with van der Waals surface area (Å²) in [6.07, 6.45) is 7.56. The molecule has 4 rings (SSSR count). The van der Waals surface area contributed by atoms with Crippen LogP contribution in [0.15, 0.2) is 42.9 Å². The molecule has 0 radical (unpaired) electrons. The minimum absolute atomic E-state index is 0.109. The number of hydrogen-bond donors (Lipinski definition) is 0. The number of carbonyl (C=O) groups excluding carboxylic acids is 2.